The Morgan fingerprint density at radius 3 is 3.00 bits per heavy atom. The van der Waals surface area contributed by atoms with Crippen LogP contribution in [0, 0.1) is 11.3 Å². The van der Waals surface area contributed by atoms with Gasteiger partial charge in [0, 0.05) is 30.7 Å². The Balaban J connectivity index is 2.28. The number of rotatable bonds is 3. The molecule has 2 N–H and O–H groups in total. The summed E-state index contributed by atoms with van der Waals surface area (Å²) < 4.78 is 6.35. The summed E-state index contributed by atoms with van der Waals surface area (Å²) >= 11 is 3.40. The zero-order chi connectivity index (χ0) is 13.8. The Morgan fingerprint density at radius 1 is 1.58 bits per heavy atom. The van der Waals surface area contributed by atoms with Crippen molar-refractivity contribution in [2.24, 2.45) is 5.73 Å². The smallest absolute Gasteiger partial charge is 0.101 e. The van der Waals surface area contributed by atoms with Gasteiger partial charge in [0.15, 0.2) is 0 Å². The van der Waals surface area contributed by atoms with Crippen LogP contribution in [0.25, 0.3) is 0 Å². The molecule has 102 valence electrons. The van der Waals surface area contributed by atoms with Crippen molar-refractivity contribution >= 4 is 21.6 Å². The molecule has 2 rings (SSSR count). The van der Waals surface area contributed by atoms with E-state index in [0.29, 0.717) is 12.1 Å². The van der Waals surface area contributed by atoms with E-state index in [2.05, 4.69) is 26.9 Å². The summed E-state index contributed by atoms with van der Waals surface area (Å²) in [5.74, 6) is 0. The van der Waals surface area contributed by atoms with Gasteiger partial charge in [-0.3, -0.25) is 0 Å². The third-order valence-electron chi connectivity index (χ3n) is 3.66. The summed E-state index contributed by atoms with van der Waals surface area (Å²) in [7, 11) is 1.74. The highest BCUT2D eigenvalue weighted by Crippen LogP contribution is 2.30. The molecule has 0 radical (unpaired) electrons. The van der Waals surface area contributed by atoms with Crippen LogP contribution in [0.2, 0.25) is 0 Å². The molecule has 1 aliphatic heterocycles. The van der Waals surface area contributed by atoms with Crippen LogP contribution < -0.4 is 10.6 Å². The van der Waals surface area contributed by atoms with E-state index in [-0.39, 0.29) is 12.1 Å². The Morgan fingerprint density at radius 2 is 2.37 bits per heavy atom. The van der Waals surface area contributed by atoms with Crippen molar-refractivity contribution < 1.29 is 4.74 Å². The molecule has 1 aromatic carbocycles. The van der Waals surface area contributed by atoms with Crippen molar-refractivity contribution in [1.29, 1.82) is 5.26 Å². The van der Waals surface area contributed by atoms with Gasteiger partial charge in [0.1, 0.15) is 6.07 Å². The minimum absolute atomic E-state index is 0.229. The lowest BCUT2D eigenvalue weighted by Gasteiger charge is -2.40. The van der Waals surface area contributed by atoms with Crippen LogP contribution in [0.5, 0.6) is 0 Å². The topological polar surface area (TPSA) is 62.3 Å². The van der Waals surface area contributed by atoms with E-state index < -0.39 is 0 Å². The number of anilines is 1. The maximum absolute atomic E-state index is 9.28. The molecular formula is C14H18BrN3O. The largest absolute Gasteiger partial charge is 0.381 e. The van der Waals surface area contributed by atoms with Crippen LogP contribution in [0.4, 0.5) is 5.69 Å². The molecule has 1 heterocycles. The fourth-order valence-corrected chi connectivity index (χ4v) is 2.98. The van der Waals surface area contributed by atoms with Gasteiger partial charge >= 0.3 is 0 Å². The molecule has 1 aromatic rings. The minimum Gasteiger partial charge on any atom is -0.381 e. The summed E-state index contributed by atoms with van der Waals surface area (Å²) in [5.41, 5.74) is 7.53. The van der Waals surface area contributed by atoms with E-state index in [9.17, 15) is 5.26 Å². The molecule has 4 nitrogen and oxygen atoms in total. The monoisotopic (exact) mass is 323 g/mol. The number of benzene rings is 1. The van der Waals surface area contributed by atoms with E-state index in [1.165, 1.54) is 0 Å². The number of ether oxygens (including phenoxy) is 1. The number of halogens is 1. The first kappa shape index (κ1) is 14.3. The number of hydrogen-bond acceptors (Lipinski definition) is 4. The number of nitrogens with two attached hydrogens (primary N) is 1. The van der Waals surface area contributed by atoms with Crippen LogP contribution in [0.1, 0.15) is 18.4 Å². The van der Waals surface area contributed by atoms with Crippen molar-refractivity contribution in [3.8, 4) is 6.07 Å². The predicted octanol–water partition coefficient (Wildman–Crippen LogP) is 2.26. The molecule has 1 aliphatic rings. The Bertz CT molecular complexity index is 486. The highest BCUT2D eigenvalue weighted by Gasteiger charge is 2.28. The molecule has 0 spiro atoms. The molecule has 1 fully saturated rings. The zero-order valence-corrected chi connectivity index (χ0v) is 12.6. The molecule has 2 unspecified atom stereocenters. The number of nitriles is 1. The van der Waals surface area contributed by atoms with Gasteiger partial charge in [0.2, 0.25) is 0 Å². The fourth-order valence-electron chi connectivity index (χ4n) is 2.62. The van der Waals surface area contributed by atoms with E-state index >= 15 is 0 Å². The van der Waals surface area contributed by atoms with E-state index in [0.717, 1.165) is 29.5 Å². The first-order valence-electron chi connectivity index (χ1n) is 6.38. The average Bonchev–Trinajstić information content (AvgIpc) is 2.46. The first-order chi connectivity index (χ1) is 9.19. The summed E-state index contributed by atoms with van der Waals surface area (Å²) in [6, 6.07) is 8.29. The molecule has 5 heteroatoms. The van der Waals surface area contributed by atoms with Gasteiger partial charge in [-0.2, -0.15) is 5.26 Å². The number of nitrogens with zero attached hydrogens (tertiary/aromatic N) is 2. The van der Waals surface area contributed by atoms with E-state index in [1.54, 1.807) is 7.11 Å². The molecule has 2 atom stereocenters. The molecular weight excluding hydrogens is 306 g/mol. The van der Waals surface area contributed by atoms with Gasteiger partial charge in [0.25, 0.3) is 0 Å². The lowest BCUT2D eigenvalue weighted by Crippen LogP contribution is -2.49. The highest BCUT2D eigenvalue weighted by molar-refractivity contribution is 9.10. The summed E-state index contributed by atoms with van der Waals surface area (Å²) in [5, 5.41) is 9.28. The van der Waals surface area contributed by atoms with Gasteiger partial charge in [-0.05, 0) is 31.0 Å². The van der Waals surface area contributed by atoms with Crippen molar-refractivity contribution in [1.82, 2.24) is 0 Å². The van der Waals surface area contributed by atoms with Crippen molar-refractivity contribution in [2.75, 3.05) is 25.1 Å². The number of hydrogen-bond donors (Lipinski definition) is 1. The summed E-state index contributed by atoms with van der Waals surface area (Å²) in [6.45, 7) is 1.44. The molecule has 0 aromatic heterocycles. The second-order valence-corrected chi connectivity index (χ2v) is 5.65. The number of piperidine rings is 1. The molecule has 1 saturated heterocycles. The quantitative estimate of drug-likeness (QED) is 0.926. The van der Waals surface area contributed by atoms with Crippen LogP contribution in [-0.4, -0.2) is 32.3 Å². The normalized spacial score (nSPS) is 23.2. The predicted molar refractivity (Wildman–Crippen MR) is 79.1 cm³/mol. The van der Waals surface area contributed by atoms with E-state index in [4.69, 9.17) is 10.5 Å². The molecule has 0 bridgehead atoms. The van der Waals surface area contributed by atoms with Crippen LogP contribution in [0.15, 0.2) is 22.7 Å². The van der Waals surface area contributed by atoms with Crippen LogP contribution >= 0.6 is 15.9 Å². The Labute approximate surface area is 122 Å². The van der Waals surface area contributed by atoms with Gasteiger partial charge in [-0.25, -0.2) is 0 Å². The van der Waals surface area contributed by atoms with Gasteiger partial charge < -0.3 is 15.4 Å². The third kappa shape index (κ3) is 3.08. The third-order valence-corrected chi connectivity index (χ3v) is 4.15. The lowest BCUT2D eigenvalue weighted by molar-refractivity contribution is 0.0709. The standard InChI is InChI=1S/C14H18BrN3O/c1-19-13-4-5-18(12(7-13)9-17)14-3-2-11(15)6-10(14)8-16/h2-3,6,12-13H,4-5,7,9,17H2,1H3. The van der Waals surface area contributed by atoms with E-state index in [1.807, 2.05) is 18.2 Å². The second kappa shape index (κ2) is 6.38. The summed E-state index contributed by atoms with van der Waals surface area (Å²) in [4.78, 5) is 2.24. The van der Waals surface area contributed by atoms with Crippen LogP contribution in [0.3, 0.4) is 0 Å². The second-order valence-electron chi connectivity index (χ2n) is 4.74. The van der Waals surface area contributed by atoms with Crippen molar-refractivity contribution in [3.63, 3.8) is 0 Å². The SMILES string of the molecule is COC1CCN(c2ccc(Br)cc2C#N)C(CN)C1. The van der Waals surface area contributed by atoms with Crippen molar-refractivity contribution in [2.45, 2.75) is 25.0 Å². The fraction of sp³-hybridized carbons (Fsp3) is 0.500. The lowest BCUT2D eigenvalue weighted by atomic mass is 9.97. The minimum atomic E-state index is 0.229. The Hall–Kier alpha value is -1.09. The van der Waals surface area contributed by atoms with Crippen molar-refractivity contribution in [3.05, 3.63) is 28.2 Å². The number of methoxy groups -OCH3 is 1. The molecule has 19 heavy (non-hydrogen) atoms. The molecule has 0 saturated carbocycles. The first-order valence-corrected chi connectivity index (χ1v) is 7.18. The summed E-state index contributed by atoms with van der Waals surface area (Å²) in [6.07, 6.45) is 2.15. The van der Waals surface area contributed by atoms with Gasteiger partial charge in [-0.15, -0.1) is 0 Å². The Kier molecular flexibility index (Phi) is 4.81. The zero-order valence-electron chi connectivity index (χ0n) is 11.0. The maximum atomic E-state index is 9.28. The highest BCUT2D eigenvalue weighted by atomic mass is 79.9. The average molecular weight is 324 g/mol. The van der Waals surface area contributed by atoms with Gasteiger partial charge in [0.05, 0.1) is 17.4 Å². The molecule has 0 aliphatic carbocycles. The van der Waals surface area contributed by atoms with Gasteiger partial charge in [-0.1, -0.05) is 15.9 Å². The van der Waals surface area contributed by atoms with Crippen LogP contribution in [-0.2, 0) is 4.74 Å². The molecule has 0 amide bonds. The maximum Gasteiger partial charge on any atom is 0.101 e.